The molecule has 2 unspecified atom stereocenters. The molecule has 0 spiro atoms. The molecule has 2 N–H and O–H groups in total. The predicted molar refractivity (Wildman–Crippen MR) is 160 cm³/mol. The second-order valence-electron chi connectivity index (χ2n) is 11.1. The Balaban J connectivity index is 2.55. The molecule has 0 radical (unpaired) electrons. The largest absolute Gasteiger partial charge is 0.497 e. The molecule has 0 aliphatic carbocycles. The summed E-state index contributed by atoms with van der Waals surface area (Å²) in [6.07, 6.45) is 3.55. The number of amides is 3. The normalized spacial score (nSPS) is 12.7. The minimum atomic E-state index is -0.951. The van der Waals surface area contributed by atoms with E-state index in [4.69, 9.17) is 9.47 Å². The number of methoxy groups -OCH3 is 1. The molecule has 0 fully saturated rings. The van der Waals surface area contributed by atoms with Crippen LogP contribution in [0.5, 0.6) is 5.75 Å². The van der Waals surface area contributed by atoms with Crippen molar-refractivity contribution >= 4 is 29.7 Å². The first-order chi connectivity index (χ1) is 18.9. The molecule has 8 heteroatoms. The van der Waals surface area contributed by atoms with Gasteiger partial charge < -0.3 is 25.0 Å². The highest BCUT2D eigenvalue weighted by molar-refractivity contribution is 5.99. The van der Waals surface area contributed by atoms with Gasteiger partial charge in [0.05, 0.1) is 7.11 Å². The molecule has 40 heavy (non-hydrogen) atoms. The quantitative estimate of drug-likeness (QED) is 0.274. The van der Waals surface area contributed by atoms with Gasteiger partial charge in [0.1, 0.15) is 23.4 Å². The van der Waals surface area contributed by atoms with Crippen LogP contribution in [0.1, 0.15) is 78.0 Å². The first-order valence-electron chi connectivity index (χ1n) is 13.9. The van der Waals surface area contributed by atoms with E-state index in [2.05, 4.69) is 24.1 Å². The number of alkyl carbamates (subject to hydrolysis) is 1. The summed E-state index contributed by atoms with van der Waals surface area (Å²) in [6, 6.07) is 12.6. The van der Waals surface area contributed by atoms with Gasteiger partial charge in [0.2, 0.25) is 5.91 Å². The molecule has 0 aromatic heterocycles. The lowest BCUT2D eigenvalue weighted by atomic mass is 9.97. The van der Waals surface area contributed by atoms with Crippen LogP contribution in [0.15, 0.2) is 55.1 Å². The third-order valence-electron chi connectivity index (χ3n) is 6.27. The number of carbonyl (C=O) groups is 3. The van der Waals surface area contributed by atoms with Crippen molar-refractivity contribution < 1.29 is 23.9 Å². The molecular formula is C32H45N3O5. The number of ether oxygens (including phenoxy) is 2. The number of nitrogens with zero attached hydrogens (tertiary/aromatic N) is 1. The summed E-state index contributed by atoms with van der Waals surface area (Å²) in [5.41, 5.74) is 1.33. The van der Waals surface area contributed by atoms with Gasteiger partial charge >= 0.3 is 6.09 Å². The molecule has 0 saturated carbocycles. The third kappa shape index (κ3) is 9.74. The Morgan fingerprint density at radius 2 is 1.73 bits per heavy atom. The van der Waals surface area contributed by atoms with Gasteiger partial charge in [-0.25, -0.2) is 4.79 Å². The highest BCUT2D eigenvalue weighted by atomic mass is 16.6. The van der Waals surface area contributed by atoms with E-state index in [-0.39, 0.29) is 17.7 Å². The highest BCUT2D eigenvalue weighted by Crippen LogP contribution is 2.28. The molecule has 0 bridgehead atoms. The third-order valence-corrected chi connectivity index (χ3v) is 6.27. The number of benzene rings is 2. The molecule has 2 aromatic carbocycles. The van der Waals surface area contributed by atoms with E-state index in [0.717, 1.165) is 18.4 Å². The fraction of sp³-hybridized carbons (Fsp3) is 0.469. The summed E-state index contributed by atoms with van der Waals surface area (Å²) in [5, 5.41) is 5.73. The summed E-state index contributed by atoms with van der Waals surface area (Å²) in [7, 11) is 1.58. The van der Waals surface area contributed by atoms with Gasteiger partial charge in [-0.15, -0.1) is 0 Å². The zero-order chi connectivity index (χ0) is 29.9. The van der Waals surface area contributed by atoms with Gasteiger partial charge in [-0.05, 0) is 74.6 Å². The van der Waals surface area contributed by atoms with Gasteiger partial charge in [0, 0.05) is 12.2 Å². The average Bonchev–Trinajstić information content (AvgIpc) is 2.90. The molecule has 0 aliphatic heterocycles. The predicted octanol–water partition coefficient (Wildman–Crippen LogP) is 6.59. The summed E-state index contributed by atoms with van der Waals surface area (Å²) >= 11 is 0. The Morgan fingerprint density at radius 3 is 2.27 bits per heavy atom. The molecular weight excluding hydrogens is 506 g/mol. The van der Waals surface area contributed by atoms with Gasteiger partial charge in [-0.1, -0.05) is 64.5 Å². The molecule has 8 nitrogen and oxygen atoms in total. The molecule has 0 aliphatic rings. The van der Waals surface area contributed by atoms with Crippen molar-refractivity contribution in [1.82, 2.24) is 10.2 Å². The number of unbranched alkanes of at least 4 members (excludes halogenated alkanes) is 2. The topological polar surface area (TPSA) is 97.0 Å². The lowest BCUT2D eigenvalue weighted by Crippen LogP contribution is -2.54. The minimum absolute atomic E-state index is 0.251. The van der Waals surface area contributed by atoms with Crippen LogP contribution >= 0.6 is 0 Å². The zero-order valence-electron chi connectivity index (χ0n) is 25.0. The van der Waals surface area contributed by atoms with Crippen LogP contribution in [-0.2, 0) is 14.3 Å². The average molecular weight is 552 g/mol. The van der Waals surface area contributed by atoms with Crippen LogP contribution in [0, 0.1) is 5.92 Å². The standard InChI is InChI=1S/C32H45N3O5/c1-9-11-12-20-35(30(37)27(22(3)4)34-31(38)40-32(5,6)7)28(24-15-13-14-23(10-2)21-24)29(36)33-25-16-18-26(39-8)19-17-25/h10,13-19,21-22,27-28H,2,9,11-12,20H2,1,3-8H3,(H,33,36)(H,34,38). The molecule has 2 atom stereocenters. The van der Waals surface area contributed by atoms with Crippen LogP contribution in [0.4, 0.5) is 10.5 Å². The summed E-state index contributed by atoms with van der Waals surface area (Å²) in [6.45, 7) is 15.3. The van der Waals surface area contributed by atoms with Gasteiger partial charge in [-0.3, -0.25) is 9.59 Å². The molecule has 0 saturated heterocycles. The van der Waals surface area contributed by atoms with Crippen molar-refractivity contribution in [3.8, 4) is 5.75 Å². The van der Waals surface area contributed by atoms with Gasteiger partial charge in [0.25, 0.3) is 5.91 Å². The number of hydrogen-bond acceptors (Lipinski definition) is 5. The Hall–Kier alpha value is -3.81. The number of hydrogen-bond donors (Lipinski definition) is 2. The molecule has 218 valence electrons. The monoisotopic (exact) mass is 551 g/mol. The Labute approximate surface area is 239 Å². The van der Waals surface area contributed by atoms with E-state index >= 15 is 0 Å². The lowest BCUT2D eigenvalue weighted by molar-refractivity contribution is -0.141. The number of anilines is 1. The van der Waals surface area contributed by atoms with E-state index in [0.29, 0.717) is 30.0 Å². The van der Waals surface area contributed by atoms with E-state index in [1.807, 2.05) is 38.1 Å². The number of nitrogens with one attached hydrogen (secondary N) is 2. The maximum absolute atomic E-state index is 14.2. The van der Waals surface area contributed by atoms with Crippen molar-refractivity contribution in [3.05, 3.63) is 66.2 Å². The molecule has 0 heterocycles. The van der Waals surface area contributed by atoms with Crippen molar-refractivity contribution in [1.29, 1.82) is 0 Å². The first kappa shape index (κ1) is 32.4. The fourth-order valence-corrected chi connectivity index (χ4v) is 4.24. The van der Waals surface area contributed by atoms with Crippen LogP contribution in [0.25, 0.3) is 6.08 Å². The molecule has 2 aromatic rings. The van der Waals surface area contributed by atoms with E-state index in [1.54, 1.807) is 63.1 Å². The maximum atomic E-state index is 14.2. The molecule has 3 amide bonds. The van der Waals surface area contributed by atoms with Crippen LogP contribution in [0.2, 0.25) is 0 Å². The SMILES string of the molecule is C=Cc1cccc(C(C(=O)Nc2ccc(OC)cc2)N(CCCCC)C(=O)C(NC(=O)OC(C)(C)C)C(C)C)c1. The van der Waals surface area contributed by atoms with E-state index < -0.39 is 23.8 Å². The molecule has 2 rings (SSSR count). The van der Waals surface area contributed by atoms with Crippen molar-refractivity contribution in [2.75, 3.05) is 19.0 Å². The highest BCUT2D eigenvalue weighted by Gasteiger charge is 2.37. The second kappa shape index (κ2) is 15.1. The smallest absolute Gasteiger partial charge is 0.408 e. The second-order valence-corrected chi connectivity index (χ2v) is 11.1. The Bertz CT molecular complexity index is 1140. The van der Waals surface area contributed by atoms with Crippen molar-refractivity contribution in [2.45, 2.75) is 78.5 Å². The minimum Gasteiger partial charge on any atom is -0.497 e. The van der Waals surface area contributed by atoms with Gasteiger partial charge in [-0.2, -0.15) is 0 Å². The number of carbonyl (C=O) groups excluding carboxylic acids is 3. The van der Waals surface area contributed by atoms with Crippen LogP contribution in [-0.4, -0.2) is 48.1 Å². The van der Waals surface area contributed by atoms with Gasteiger partial charge in [0.15, 0.2) is 0 Å². The van der Waals surface area contributed by atoms with E-state index in [9.17, 15) is 14.4 Å². The van der Waals surface area contributed by atoms with Crippen LogP contribution < -0.4 is 15.4 Å². The van der Waals surface area contributed by atoms with Crippen molar-refractivity contribution in [3.63, 3.8) is 0 Å². The first-order valence-corrected chi connectivity index (χ1v) is 13.9. The summed E-state index contributed by atoms with van der Waals surface area (Å²) < 4.78 is 10.7. The fourth-order valence-electron chi connectivity index (χ4n) is 4.24. The lowest BCUT2D eigenvalue weighted by Gasteiger charge is -2.35. The maximum Gasteiger partial charge on any atom is 0.408 e. The summed E-state index contributed by atoms with van der Waals surface area (Å²) in [4.78, 5) is 42.5. The Kier molecular flexibility index (Phi) is 12.2. The van der Waals surface area contributed by atoms with Crippen molar-refractivity contribution in [2.24, 2.45) is 5.92 Å². The summed E-state index contributed by atoms with van der Waals surface area (Å²) in [5.74, 6) is -0.303. The van der Waals surface area contributed by atoms with Crippen LogP contribution in [0.3, 0.4) is 0 Å². The number of rotatable bonds is 13. The Morgan fingerprint density at radius 1 is 1.05 bits per heavy atom. The zero-order valence-corrected chi connectivity index (χ0v) is 25.0. The van der Waals surface area contributed by atoms with E-state index in [1.165, 1.54) is 0 Å².